The number of phenols is 1. The van der Waals surface area contributed by atoms with Crippen LogP contribution in [-0.4, -0.2) is 33.6 Å². The first kappa shape index (κ1) is 17.7. The van der Waals surface area contributed by atoms with Crippen molar-refractivity contribution in [3.8, 4) is 11.5 Å². The molecule has 0 amide bonds. The number of methoxy groups -OCH3 is 1. The molecule has 0 aliphatic rings. The summed E-state index contributed by atoms with van der Waals surface area (Å²) in [5.74, 6) is 0.199. The van der Waals surface area contributed by atoms with E-state index in [4.69, 9.17) is 16.3 Å². The third kappa shape index (κ3) is 4.02. The average molecular weight is 352 g/mol. The second-order valence-corrected chi connectivity index (χ2v) is 6.43. The number of aromatic nitrogens is 3. The van der Waals surface area contributed by atoms with E-state index in [9.17, 15) is 9.90 Å². The van der Waals surface area contributed by atoms with E-state index in [0.717, 1.165) is 0 Å². The number of nitrogens with one attached hydrogen (secondary N) is 2. The molecule has 3 N–H and O–H groups in total. The van der Waals surface area contributed by atoms with Crippen LogP contribution in [0.2, 0.25) is 5.02 Å². The molecule has 0 saturated heterocycles. The van der Waals surface area contributed by atoms with Gasteiger partial charge in [0, 0.05) is 5.41 Å². The average Bonchev–Trinajstić information content (AvgIpc) is 2.49. The number of hydrogen-bond donors (Lipinski definition) is 3. The summed E-state index contributed by atoms with van der Waals surface area (Å²) < 4.78 is 5.01. The van der Waals surface area contributed by atoms with Crippen LogP contribution in [0.5, 0.6) is 11.5 Å². The van der Waals surface area contributed by atoms with Gasteiger partial charge in [-0.2, -0.15) is 5.10 Å². The molecule has 0 atom stereocenters. The van der Waals surface area contributed by atoms with Gasteiger partial charge in [-0.15, -0.1) is 10.2 Å². The fourth-order valence-electron chi connectivity index (χ4n) is 1.87. The van der Waals surface area contributed by atoms with Gasteiger partial charge in [0.2, 0.25) is 5.95 Å². The Kier molecular flexibility index (Phi) is 5.08. The zero-order valence-electron chi connectivity index (χ0n) is 13.7. The molecule has 0 saturated carbocycles. The second kappa shape index (κ2) is 6.88. The normalized spacial score (nSPS) is 11.7. The largest absolute Gasteiger partial charge is 0.503 e. The molecule has 0 aliphatic carbocycles. The fourth-order valence-corrected chi connectivity index (χ4v) is 2.09. The molecule has 128 valence electrons. The number of halogens is 1. The molecule has 1 aromatic carbocycles. The van der Waals surface area contributed by atoms with Crippen LogP contribution in [0.4, 0.5) is 5.95 Å². The highest BCUT2D eigenvalue weighted by Crippen LogP contribution is 2.34. The number of ether oxygens (including phenoxy) is 1. The van der Waals surface area contributed by atoms with Crippen LogP contribution in [0.15, 0.2) is 22.0 Å². The maximum atomic E-state index is 12.0. The lowest BCUT2D eigenvalue weighted by Crippen LogP contribution is -2.28. The summed E-state index contributed by atoms with van der Waals surface area (Å²) in [7, 11) is 1.42. The maximum Gasteiger partial charge on any atom is 0.274 e. The van der Waals surface area contributed by atoms with Gasteiger partial charge in [-0.3, -0.25) is 9.78 Å². The van der Waals surface area contributed by atoms with E-state index in [2.05, 4.69) is 25.7 Å². The number of benzene rings is 1. The summed E-state index contributed by atoms with van der Waals surface area (Å²) >= 11 is 5.89. The van der Waals surface area contributed by atoms with E-state index in [-0.39, 0.29) is 28.0 Å². The Hall–Kier alpha value is -2.61. The standard InChI is InChI=1S/C15H18ClN5O3/c1-15(2,3)12-13(23)18-14(21-19-12)20-17-7-8-5-9(16)11(22)10(6-8)24-4/h5-7,22H,1-4H3,(H2,18,20,21,23)/b17-7+. The van der Waals surface area contributed by atoms with Gasteiger partial charge in [-0.05, 0) is 17.7 Å². The highest BCUT2D eigenvalue weighted by Gasteiger charge is 2.20. The minimum absolute atomic E-state index is 0.112. The van der Waals surface area contributed by atoms with Gasteiger partial charge < -0.3 is 9.84 Å². The molecule has 0 radical (unpaired) electrons. The Morgan fingerprint density at radius 3 is 2.67 bits per heavy atom. The van der Waals surface area contributed by atoms with Gasteiger partial charge in [0.05, 0.1) is 18.3 Å². The van der Waals surface area contributed by atoms with Gasteiger partial charge >= 0.3 is 0 Å². The highest BCUT2D eigenvalue weighted by atomic mass is 35.5. The first-order valence-corrected chi connectivity index (χ1v) is 7.43. The van der Waals surface area contributed by atoms with E-state index in [1.807, 2.05) is 20.8 Å². The molecule has 0 fully saturated rings. The molecule has 2 aromatic rings. The molecule has 1 aromatic heterocycles. The first-order chi connectivity index (χ1) is 11.2. The van der Waals surface area contributed by atoms with E-state index in [0.29, 0.717) is 11.3 Å². The zero-order chi connectivity index (χ0) is 17.9. The van der Waals surface area contributed by atoms with Crippen molar-refractivity contribution in [1.82, 2.24) is 15.2 Å². The van der Waals surface area contributed by atoms with Crippen LogP contribution in [0.1, 0.15) is 32.0 Å². The second-order valence-electron chi connectivity index (χ2n) is 6.02. The van der Waals surface area contributed by atoms with Gasteiger partial charge in [0.25, 0.3) is 5.56 Å². The van der Waals surface area contributed by atoms with E-state index >= 15 is 0 Å². The predicted octanol–water partition coefficient (Wildman–Crippen LogP) is 2.28. The van der Waals surface area contributed by atoms with Gasteiger partial charge in [-0.25, -0.2) is 5.43 Å². The molecular formula is C15H18ClN5O3. The van der Waals surface area contributed by atoms with Crippen molar-refractivity contribution in [3.63, 3.8) is 0 Å². The van der Waals surface area contributed by atoms with Crippen molar-refractivity contribution in [3.05, 3.63) is 38.8 Å². The number of rotatable bonds is 4. The van der Waals surface area contributed by atoms with Crippen molar-refractivity contribution in [2.45, 2.75) is 26.2 Å². The zero-order valence-corrected chi connectivity index (χ0v) is 14.5. The van der Waals surface area contributed by atoms with Crippen LogP contribution in [0, 0.1) is 0 Å². The topological polar surface area (TPSA) is 112 Å². The number of hydrazone groups is 1. The minimum atomic E-state index is -0.401. The molecule has 0 spiro atoms. The Balaban J connectivity index is 2.17. The van der Waals surface area contributed by atoms with Gasteiger partial charge in [0.15, 0.2) is 11.5 Å². The third-order valence-electron chi connectivity index (χ3n) is 3.06. The molecule has 2 rings (SSSR count). The summed E-state index contributed by atoms with van der Waals surface area (Å²) in [4.78, 5) is 14.5. The Morgan fingerprint density at radius 1 is 1.38 bits per heavy atom. The highest BCUT2D eigenvalue weighted by molar-refractivity contribution is 6.32. The van der Waals surface area contributed by atoms with Gasteiger partial charge in [0.1, 0.15) is 5.69 Å². The maximum absolute atomic E-state index is 12.0. The number of hydrogen-bond acceptors (Lipinski definition) is 7. The van der Waals surface area contributed by atoms with Crippen molar-refractivity contribution in [2.75, 3.05) is 12.5 Å². The SMILES string of the molecule is COc1cc(/C=N/Nc2nnc(C(C)(C)C)c(=O)[nH]2)cc(Cl)c1O. The summed E-state index contributed by atoms with van der Waals surface area (Å²) in [5, 5.41) is 21.6. The molecule has 1 heterocycles. The van der Waals surface area contributed by atoms with Crippen LogP contribution < -0.4 is 15.7 Å². The molecule has 8 nitrogen and oxygen atoms in total. The van der Waals surface area contributed by atoms with Crippen LogP contribution in [0.25, 0.3) is 0 Å². The number of H-pyrrole nitrogens is 1. The summed E-state index contributed by atoms with van der Waals surface area (Å²) in [5.41, 5.74) is 2.77. The fraction of sp³-hybridized carbons (Fsp3) is 0.333. The minimum Gasteiger partial charge on any atom is -0.503 e. The monoisotopic (exact) mass is 351 g/mol. The Labute approximate surface area is 143 Å². The van der Waals surface area contributed by atoms with E-state index in [1.165, 1.54) is 19.4 Å². The molecule has 0 aliphatic heterocycles. The van der Waals surface area contributed by atoms with Crippen LogP contribution >= 0.6 is 11.6 Å². The van der Waals surface area contributed by atoms with E-state index in [1.54, 1.807) is 6.07 Å². The molecule has 9 heteroatoms. The smallest absolute Gasteiger partial charge is 0.274 e. The van der Waals surface area contributed by atoms with Crippen molar-refractivity contribution in [1.29, 1.82) is 0 Å². The van der Waals surface area contributed by atoms with E-state index < -0.39 is 5.41 Å². The summed E-state index contributed by atoms with van der Waals surface area (Å²) in [6.07, 6.45) is 1.44. The predicted molar refractivity (Wildman–Crippen MR) is 92.2 cm³/mol. The third-order valence-corrected chi connectivity index (χ3v) is 3.35. The molecule has 0 bridgehead atoms. The van der Waals surface area contributed by atoms with Crippen LogP contribution in [-0.2, 0) is 5.41 Å². The molecule has 24 heavy (non-hydrogen) atoms. The van der Waals surface area contributed by atoms with Crippen LogP contribution in [0.3, 0.4) is 0 Å². The van der Waals surface area contributed by atoms with Crippen molar-refractivity contribution >= 4 is 23.8 Å². The van der Waals surface area contributed by atoms with Crippen molar-refractivity contribution in [2.24, 2.45) is 5.10 Å². The number of aromatic hydroxyl groups is 1. The Morgan fingerprint density at radius 2 is 2.08 bits per heavy atom. The summed E-state index contributed by atoms with van der Waals surface area (Å²) in [6.45, 7) is 5.62. The quantitative estimate of drug-likeness (QED) is 0.575. The molecular weight excluding hydrogens is 334 g/mol. The summed E-state index contributed by atoms with van der Waals surface area (Å²) in [6, 6.07) is 3.07. The van der Waals surface area contributed by atoms with Crippen molar-refractivity contribution < 1.29 is 9.84 Å². The lowest BCUT2D eigenvalue weighted by Gasteiger charge is -2.15. The number of phenolic OH excluding ortho intramolecular Hbond substituents is 1. The first-order valence-electron chi connectivity index (χ1n) is 7.05. The number of anilines is 1. The molecule has 0 unspecified atom stereocenters. The lowest BCUT2D eigenvalue weighted by molar-refractivity contribution is 0.373. The lowest BCUT2D eigenvalue weighted by atomic mass is 9.93. The van der Waals surface area contributed by atoms with Gasteiger partial charge in [-0.1, -0.05) is 32.4 Å². The number of nitrogens with zero attached hydrogens (tertiary/aromatic N) is 3. The Bertz CT molecular complexity index is 827. The number of aromatic amines is 1.